The van der Waals surface area contributed by atoms with Crippen molar-refractivity contribution < 1.29 is 4.79 Å². The summed E-state index contributed by atoms with van der Waals surface area (Å²) in [6, 6.07) is 8.16. The Bertz CT molecular complexity index is 419. The highest BCUT2D eigenvalue weighted by Gasteiger charge is 2.22. The predicted octanol–water partition coefficient (Wildman–Crippen LogP) is 3.67. The number of benzene rings is 1. The van der Waals surface area contributed by atoms with E-state index in [9.17, 15) is 4.79 Å². The van der Waals surface area contributed by atoms with E-state index in [1.165, 1.54) is 6.42 Å². The first-order valence-electron chi connectivity index (χ1n) is 6.71. The molecule has 2 nitrogen and oxygen atoms in total. The van der Waals surface area contributed by atoms with Crippen molar-refractivity contribution in [3.05, 3.63) is 34.9 Å². The molecule has 0 aliphatic carbocycles. The van der Waals surface area contributed by atoms with E-state index in [2.05, 4.69) is 6.92 Å². The Morgan fingerprint density at radius 2 is 2.17 bits per heavy atom. The highest BCUT2D eigenvalue weighted by atomic mass is 35.5. The van der Waals surface area contributed by atoms with Crippen LogP contribution in [0, 0.1) is 0 Å². The zero-order chi connectivity index (χ0) is 13.0. The van der Waals surface area contributed by atoms with E-state index < -0.39 is 0 Å². The Morgan fingerprint density at radius 1 is 1.39 bits per heavy atom. The summed E-state index contributed by atoms with van der Waals surface area (Å²) in [4.78, 5) is 14.2. The SMILES string of the molecule is CC1CCCCN1C(=O)CCc1ccccc1Cl. The lowest BCUT2D eigenvalue weighted by Gasteiger charge is -2.33. The fourth-order valence-corrected chi connectivity index (χ4v) is 2.79. The van der Waals surface area contributed by atoms with E-state index in [1.54, 1.807) is 0 Å². The van der Waals surface area contributed by atoms with Crippen molar-refractivity contribution in [2.24, 2.45) is 0 Å². The number of carbonyl (C=O) groups is 1. The van der Waals surface area contributed by atoms with Gasteiger partial charge in [-0.05, 0) is 44.2 Å². The van der Waals surface area contributed by atoms with Crippen LogP contribution >= 0.6 is 11.6 Å². The average molecular weight is 266 g/mol. The second-order valence-corrected chi connectivity index (χ2v) is 5.43. The van der Waals surface area contributed by atoms with Crippen LogP contribution in [0.4, 0.5) is 0 Å². The van der Waals surface area contributed by atoms with E-state index in [0.29, 0.717) is 12.5 Å². The van der Waals surface area contributed by atoms with Gasteiger partial charge in [-0.3, -0.25) is 4.79 Å². The Kier molecular flexibility index (Phi) is 4.65. The van der Waals surface area contributed by atoms with Crippen LogP contribution in [0.2, 0.25) is 5.02 Å². The van der Waals surface area contributed by atoms with Gasteiger partial charge < -0.3 is 4.90 Å². The summed E-state index contributed by atoms with van der Waals surface area (Å²) in [6.07, 6.45) is 4.82. The quantitative estimate of drug-likeness (QED) is 0.817. The molecule has 0 spiro atoms. The van der Waals surface area contributed by atoms with Gasteiger partial charge in [0.15, 0.2) is 0 Å². The number of halogens is 1. The van der Waals surface area contributed by atoms with Crippen molar-refractivity contribution in [1.82, 2.24) is 4.90 Å². The number of hydrogen-bond donors (Lipinski definition) is 0. The summed E-state index contributed by atoms with van der Waals surface area (Å²) in [5.41, 5.74) is 1.07. The van der Waals surface area contributed by atoms with Crippen LogP contribution in [-0.4, -0.2) is 23.4 Å². The largest absolute Gasteiger partial charge is 0.340 e. The number of amides is 1. The number of hydrogen-bond acceptors (Lipinski definition) is 1. The van der Waals surface area contributed by atoms with Crippen molar-refractivity contribution in [1.29, 1.82) is 0 Å². The summed E-state index contributed by atoms with van der Waals surface area (Å²) >= 11 is 6.10. The van der Waals surface area contributed by atoms with Crippen LogP contribution in [0.5, 0.6) is 0 Å². The van der Waals surface area contributed by atoms with E-state index in [1.807, 2.05) is 29.2 Å². The second-order valence-electron chi connectivity index (χ2n) is 5.02. The van der Waals surface area contributed by atoms with Gasteiger partial charge in [-0.1, -0.05) is 29.8 Å². The molecular formula is C15H20ClNO. The normalized spacial score (nSPS) is 19.9. The van der Waals surface area contributed by atoms with Crippen LogP contribution < -0.4 is 0 Å². The zero-order valence-electron chi connectivity index (χ0n) is 10.9. The summed E-state index contributed by atoms with van der Waals surface area (Å²) < 4.78 is 0. The van der Waals surface area contributed by atoms with Crippen molar-refractivity contribution in [3.8, 4) is 0 Å². The maximum atomic E-state index is 12.2. The highest BCUT2D eigenvalue weighted by Crippen LogP contribution is 2.20. The molecule has 2 rings (SSSR count). The van der Waals surface area contributed by atoms with Gasteiger partial charge in [0, 0.05) is 24.0 Å². The lowest BCUT2D eigenvalue weighted by atomic mass is 10.0. The molecule has 1 aromatic carbocycles. The summed E-state index contributed by atoms with van der Waals surface area (Å²) in [5, 5.41) is 0.761. The van der Waals surface area contributed by atoms with Gasteiger partial charge in [0.1, 0.15) is 0 Å². The topological polar surface area (TPSA) is 20.3 Å². The van der Waals surface area contributed by atoms with Crippen LogP contribution in [-0.2, 0) is 11.2 Å². The lowest BCUT2D eigenvalue weighted by Crippen LogP contribution is -2.42. The maximum Gasteiger partial charge on any atom is 0.223 e. The molecular weight excluding hydrogens is 246 g/mol. The molecule has 1 heterocycles. The van der Waals surface area contributed by atoms with Crippen molar-refractivity contribution >= 4 is 17.5 Å². The fourth-order valence-electron chi connectivity index (χ4n) is 2.55. The Labute approximate surface area is 114 Å². The van der Waals surface area contributed by atoms with Crippen LogP contribution in [0.1, 0.15) is 38.2 Å². The van der Waals surface area contributed by atoms with Gasteiger partial charge in [0.05, 0.1) is 0 Å². The molecule has 1 amide bonds. The highest BCUT2D eigenvalue weighted by molar-refractivity contribution is 6.31. The number of likely N-dealkylation sites (tertiary alicyclic amines) is 1. The molecule has 1 aliphatic heterocycles. The number of rotatable bonds is 3. The van der Waals surface area contributed by atoms with Crippen LogP contribution in [0.25, 0.3) is 0 Å². The first-order chi connectivity index (χ1) is 8.68. The summed E-state index contributed by atoms with van der Waals surface area (Å²) in [6.45, 7) is 3.06. The molecule has 1 aromatic rings. The van der Waals surface area contributed by atoms with Gasteiger partial charge in [-0.15, -0.1) is 0 Å². The van der Waals surface area contributed by atoms with E-state index >= 15 is 0 Å². The van der Waals surface area contributed by atoms with Crippen LogP contribution in [0.3, 0.4) is 0 Å². The smallest absolute Gasteiger partial charge is 0.223 e. The number of nitrogens with zero attached hydrogens (tertiary/aromatic N) is 1. The van der Waals surface area contributed by atoms with Gasteiger partial charge in [-0.2, -0.15) is 0 Å². The Hall–Kier alpha value is -1.02. The van der Waals surface area contributed by atoms with Gasteiger partial charge in [0.25, 0.3) is 0 Å². The summed E-state index contributed by atoms with van der Waals surface area (Å²) in [7, 11) is 0. The third kappa shape index (κ3) is 3.26. The fraction of sp³-hybridized carbons (Fsp3) is 0.533. The molecule has 1 fully saturated rings. The molecule has 1 atom stereocenters. The zero-order valence-corrected chi connectivity index (χ0v) is 11.6. The van der Waals surface area contributed by atoms with Crippen LogP contribution in [0.15, 0.2) is 24.3 Å². The molecule has 0 saturated carbocycles. The summed E-state index contributed by atoms with van der Waals surface area (Å²) in [5.74, 6) is 0.266. The molecule has 98 valence electrons. The Morgan fingerprint density at radius 3 is 2.89 bits per heavy atom. The minimum Gasteiger partial charge on any atom is -0.340 e. The third-order valence-electron chi connectivity index (χ3n) is 3.69. The minimum absolute atomic E-state index is 0.266. The minimum atomic E-state index is 0.266. The molecule has 0 radical (unpaired) electrons. The van der Waals surface area contributed by atoms with Crippen molar-refractivity contribution in [2.75, 3.05) is 6.54 Å². The predicted molar refractivity (Wildman–Crippen MR) is 74.8 cm³/mol. The average Bonchev–Trinajstić information content (AvgIpc) is 2.38. The first-order valence-corrected chi connectivity index (χ1v) is 7.09. The van der Waals surface area contributed by atoms with Gasteiger partial charge in [0.2, 0.25) is 5.91 Å². The molecule has 0 N–H and O–H groups in total. The van der Waals surface area contributed by atoms with Crippen molar-refractivity contribution in [3.63, 3.8) is 0 Å². The molecule has 3 heteroatoms. The first kappa shape index (κ1) is 13.4. The molecule has 1 unspecified atom stereocenters. The van der Waals surface area contributed by atoms with Gasteiger partial charge in [-0.25, -0.2) is 0 Å². The van der Waals surface area contributed by atoms with E-state index in [4.69, 9.17) is 11.6 Å². The molecule has 0 bridgehead atoms. The molecule has 0 aromatic heterocycles. The Balaban J connectivity index is 1.90. The monoisotopic (exact) mass is 265 g/mol. The van der Waals surface area contributed by atoms with E-state index in [-0.39, 0.29) is 5.91 Å². The molecule has 1 aliphatic rings. The number of piperidine rings is 1. The molecule has 18 heavy (non-hydrogen) atoms. The third-order valence-corrected chi connectivity index (χ3v) is 4.06. The lowest BCUT2D eigenvalue weighted by molar-refractivity contribution is -0.134. The van der Waals surface area contributed by atoms with Gasteiger partial charge >= 0.3 is 0 Å². The second kappa shape index (κ2) is 6.24. The molecule has 1 saturated heterocycles. The van der Waals surface area contributed by atoms with Crippen molar-refractivity contribution in [2.45, 2.75) is 45.1 Å². The van der Waals surface area contributed by atoms with E-state index in [0.717, 1.165) is 36.4 Å². The maximum absolute atomic E-state index is 12.2. The number of carbonyl (C=O) groups excluding carboxylic acids is 1. The number of aryl methyl sites for hydroxylation is 1. The standard InChI is InChI=1S/C15H20ClNO/c1-12-6-4-5-11-17(12)15(18)10-9-13-7-2-3-8-14(13)16/h2-3,7-8,12H,4-6,9-11H2,1H3.